The molecule has 2 aromatic carbocycles. The van der Waals surface area contributed by atoms with Gasteiger partial charge in [0, 0.05) is 35.8 Å². The van der Waals surface area contributed by atoms with E-state index in [2.05, 4.69) is 21.2 Å². The van der Waals surface area contributed by atoms with Crippen LogP contribution in [0.4, 0.5) is 11.8 Å². The zero-order valence-corrected chi connectivity index (χ0v) is 18.3. The van der Waals surface area contributed by atoms with Crippen molar-refractivity contribution in [2.45, 2.75) is 13.3 Å². The first kappa shape index (κ1) is 22.1. The van der Waals surface area contributed by atoms with E-state index in [0.29, 0.717) is 28.6 Å². The Bertz CT molecular complexity index is 1120. The Morgan fingerprint density at radius 1 is 1.23 bits per heavy atom. The molecule has 158 valence electrons. The van der Waals surface area contributed by atoms with Gasteiger partial charge in [-0.1, -0.05) is 41.8 Å². The summed E-state index contributed by atoms with van der Waals surface area (Å²) in [6, 6.07) is 15.0. The number of aromatic nitrogens is 2. The first-order valence-electron chi connectivity index (χ1n) is 9.81. The summed E-state index contributed by atoms with van der Waals surface area (Å²) >= 11 is 6.24. The van der Waals surface area contributed by atoms with Gasteiger partial charge in [-0.25, -0.2) is 4.98 Å². The summed E-state index contributed by atoms with van der Waals surface area (Å²) in [6.07, 6.45) is 6.02. The molecule has 3 rings (SSSR count). The van der Waals surface area contributed by atoms with Crippen LogP contribution in [0.25, 0.3) is 11.3 Å². The van der Waals surface area contributed by atoms with E-state index in [0.717, 1.165) is 23.1 Å². The highest BCUT2D eigenvalue weighted by molar-refractivity contribution is 6.31. The topological polar surface area (TPSA) is 84.1 Å². The number of benzene rings is 2. The molecule has 0 aliphatic heterocycles. The van der Waals surface area contributed by atoms with Gasteiger partial charge in [-0.3, -0.25) is 4.79 Å². The maximum Gasteiger partial charge on any atom is 0.254 e. The lowest BCUT2D eigenvalue weighted by Crippen LogP contribution is -2.26. The Labute approximate surface area is 187 Å². The molecule has 1 amide bonds. The van der Waals surface area contributed by atoms with Crippen molar-refractivity contribution in [3.63, 3.8) is 0 Å². The number of terminal acetylenes is 1. The van der Waals surface area contributed by atoms with Gasteiger partial charge in [0.15, 0.2) is 0 Å². The number of nitrogens with two attached hydrogens (primary N) is 1. The van der Waals surface area contributed by atoms with Crippen LogP contribution in [-0.2, 0) is 6.42 Å². The molecule has 1 aromatic heterocycles. The third kappa shape index (κ3) is 5.53. The van der Waals surface area contributed by atoms with Crippen molar-refractivity contribution >= 4 is 29.3 Å². The Morgan fingerprint density at radius 3 is 2.68 bits per heavy atom. The summed E-state index contributed by atoms with van der Waals surface area (Å²) in [5.41, 5.74) is 10.2. The highest BCUT2D eigenvalue weighted by Crippen LogP contribution is 2.28. The molecule has 0 radical (unpaired) electrons. The second-order valence-electron chi connectivity index (χ2n) is 7.15. The van der Waals surface area contributed by atoms with E-state index >= 15 is 0 Å². The van der Waals surface area contributed by atoms with Crippen molar-refractivity contribution in [3.05, 3.63) is 70.2 Å². The number of halogens is 1. The van der Waals surface area contributed by atoms with Gasteiger partial charge < -0.3 is 16.0 Å². The molecule has 0 aliphatic carbocycles. The predicted molar refractivity (Wildman–Crippen MR) is 126 cm³/mol. The Morgan fingerprint density at radius 2 is 1.97 bits per heavy atom. The maximum absolute atomic E-state index is 12.3. The Balaban J connectivity index is 1.65. The van der Waals surface area contributed by atoms with Gasteiger partial charge in [0.2, 0.25) is 5.95 Å². The van der Waals surface area contributed by atoms with Gasteiger partial charge in [-0.15, -0.1) is 6.42 Å². The van der Waals surface area contributed by atoms with E-state index in [9.17, 15) is 4.79 Å². The third-order valence-electron chi connectivity index (χ3n) is 4.88. The highest BCUT2D eigenvalue weighted by Gasteiger charge is 2.11. The summed E-state index contributed by atoms with van der Waals surface area (Å²) in [7, 11) is 1.69. The average molecular weight is 434 g/mol. The van der Waals surface area contributed by atoms with Crippen LogP contribution in [0.5, 0.6) is 0 Å². The average Bonchev–Trinajstić information content (AvgIpc) is 2.75. The first-order valence-corrected chi connectivity index (χ1v) is 10.2. The lowest BCUT2D eigenvalue weighted by atomic mass is 10.1. The van der Waals surface area contributed by atoms with Gasteiger partial charge in [-0.05, 0) is 42.7 Å². The van der Waals surface area contributed by atoms with Crippen molar-refractivity contribution in [1.82, 2.24) is 14.9 Å². The molecule has 31 heavy (non-hydrogen) atoms. The number of hydrogen-bond acceptors (Lipinski definition) is 5. The minimum absolute atomic E-state index is 0.0945. The molecule has 1 heterocycles. The SMILES string of the molecule is C#CCN(C)C(=O)c1ccc(CCNc2cc(-c3cccc(Cl)c3C)nc(N)n2)cc1. The zero-order chi connectivity index (χ0) is 22.4. The number of nitrogen functional groups attached to an aromatic ring is 1. The summed E-state index contributed by atoms with van der Waals surface area (Å²) < 4.78 is 0. The predicted octanol–water partition coefficient (Wildman–Crippen LogP) is 4.05. The van der Waals surface area contributed by atoms with Crippen LogP contribution < -0.4 is 11.1 Å². The van der Waals surface area contributed by atoms with E-state index < -0.39 is 0 Å². The lowest BCUT2D eigenvalue weighted by Gasteiger charge is -2.14. The molecule has 0 atom stereocenters. The Kier molecular flexibility index (Phi) is 7.11. The molecule has 0 spiro atoms. The molecule has 0 bridgehead atoms. The molecule has 0 aliphatic rings. The quantitative estimate of drug-likeness (QED) is 0.549. The number of nitrogens with zero attached hydrogens (tertiary/aromatic N) is 3. The highest BCUT2D eigenvalue weighted by atomic mass is 35.5. The van der Waals surface area contributed by atoms with Crippen molar-refractivity contribution in [3.8, 4) is 23.6 Å². The largest absolute Gasteiger partial charge is 0.370 e. The van der Waals surface area contributed by atoms with Crippen LogP contribution in [-0.4, -0.2) is 40.9 Å². The van der Waals surface area contributed by atoms with E-state index in [4.69, 9.17) is 23.8 Å². The summed E-state index contributed by atoms with van der Waals surface area (Å²) in [5, 5.41) is 3.97. The minimum Gasteiger partial charge on any atom is -0.370 e. The molecule has 3 aromatic rings. The van der Waals surface area contributed by atoms with Crippen LogP contribution in [0.1, 0.15) is 21.5 Å². The van der Waals surface area contributed by atoms with Crippen LogP contribution in [0.15, 0.2) is 48.5 Å². The van der Waals surface area contributed by atoms with Crippen molar-refractivity contribution in [2.24, 2.45) is 0 Å². The van der Waals surface area contributed by atoms with E-state index in [1.165, 1.54) is 4.90 Å². The fourth-order valence-corrected chi connectivity index (χ4v) is 3.33. The van der Waals surface area contributed by atoms with E-state index in [-0.39, 0.29) is 18.4 Å². The number of carbonyl (C=O) groups is 1. The van der Waals surface area contributed by atoms with Gasteiger partial charge in [0.25, 0.3) is 5.91 Å². The number of rotatable bonds is 7. The number of anilines is 2. The van der Waals surface area contributed by atoms with Crippen LogP contribution in [0.2, 0.25) is 5.02 Å². The van der Waals surface area contributed by atoms with Crippen LogP contribution in [0, 0.1) is 19.3 Å². The molecule has 0 saturated carbocycles. The minimum atomic E-state index is -0.0945. The molecule has 6 nitrogen and oxygen atoms in total. The van der Waals surface area contributed by atoms with E-state index in [1.807, 2.05) is 55.5 Å². The molecular weight excluding hydrogens is 410 g/mol. The fraction of sp³-hybridized carbons (Fsp3) is 0.208. The normalized spacial score (nSPS) is 10.4. The summed E-state index contributed by atoms with van der Waals surface area (Å²) in [5.74, 6) is 3.21. The van der Waals surface area contributed by atoms with Crippen molar-refractivity contribution < 1.29 is 4.79 Å². The zero-order valence-electron chi connectivity index (χ0n) is 17.5. The molecule has 0 unspecified atom stereocenters. The molecular formula is C24H24ClN5O. The monoisotopic (exact) mass is 433 g/mol. The molecule has 0 saturated heterocycles. The number of carbonyl (C=O) groups excluding carboxylic acids is 1. The smallest absolute Gasteiger partial charge is 0.254 e. The summed E-state index contributed by atoms with van der Waals surface area (Å²) in [4.78, 5) is 22.4. The second kappa shape index (κ2) is 9.96. The fourth-order valence-electron chi connectivity index (χ4n) is 3.16. The maximum atomic E-state index is 12.3. The van der Waals surface area contributed by atoms with Crippen LogP contribution in [0.3, 0.4) is 0 Å². The van der Waals surface area contributed by atoms with Crippen LogP contribution >= 0.6 is 11.6 Å². The number of hydrogen-bond donors (Lipinski definition) is 2. The Hall–Kier alpha value is -3.56. The summed E-state index contributed by atoms with van der Waals surface area (Å²) in [6.45, 7) is 2.87. The second-order valence-corrected chi connectivity index (χ2v) is 7.56. The molecule has 7 heteroatoms. The standard InChI is InChI=1S/C24H24ClN5O/c1-4-14-30(3)23(31)18-10-8-17(9-11-18)12-13-27-22-15-21(28-24(26)29-22)19-6-5-7-20(25)16(19)2/h1,5-11,15H,12-14H2,2-3H3,(H3,26,27,28,29). The number of nitrogens with one attached hydrogen (secondary N) is 1. The van der Waals surface area contributed by atoms with Gasteiger partial charge in [-0.2, -0.15) is 4.98 Å². The lowest BCUT2D eigenvalue weighted by molar-refractivity contribution is 0.0812. The van der Waals surface area contributed by atoms with Gasteiger partial charge >= 0.3 is 0 Å². The number of amides is 1. The first-order chi connectivity index (χ1) is 14.9. The van der Waals surface area contributed by atoms with Gasteiger partial charge in [0.05, 0.1) is 12.2 Å². The van der Waals surface area contributed by atoms with Crippen molar-refractivity contribution in [2.75, 3.05) is 31.2 Å². The van der Waals surface area contributed by atoms with E-state index in [1.54, 1.807) is 7.05 Å². The van der Waals surface area contributed by atoms with Gasteiger partial charge in [0.1, 0.15) is 5.82 Å². The third-order valence-corrected chi connectivity index (χ3v) is 5.29. The molecule has 0 fully saturated rings. The molecule has 3 N–H and O–H groups in total. The van der Waals surface area contributed by atoms with Crippen molar-refractivity contribution in [1.29, 1.82) is 0 Å².